The predicted octanol–water partition coefficient (Wildman–Crippen LogP) is 2.36. The van der Waals surface area contributed by atoms with Crippen molar-refractivity contribution >= 4 is 54.0 Å². The molecule has 3 N–H and O–H groups in total. The number of oxime groups is 1. The summed E-state index contributed by atoms with van der Waals surface area (Å²) in [6.07, 6.45) is 3.34. The number of sulfone groups is 1. The maximum absolute atomic E-state index is 13.1. The largest absolute Gasteiger partial charge is 0.397 e. The van der Waals surface area contributed by atoms with Gasteiger partial charge in [0, 0.05) is 18.2 Å². The molecule has 10 nitrogen and oxygen atoms in total. The van der Waals surface area contributed by atoms with Gasteiger partial charge in [0.05, 0.1) is 29.0 Å². The number of hydrogen-bond donors (Lipinski definition) is 2. The van der Waals surface area contributed by atoms with Gasteiger partial charge >= 0.3 is 0 Å². The molecule has 3 heterocycles. The Hall–Kier alpha value is -3.09. The normalized spacial score (nSPS) is 19.0. The van der Waals surface area contributed by atoms with Gasteiger partial charge in [0.2, 0.25) is 0 Å². The number of aromatic nitrogens is 2. The van der Waals surface area contributed by atoms with Crippen molar-refractivity contribution in [3.05, 3.63) is 42.1 Å². The molecule has 1 saturated heterocycles. The van der Waals surface area contributed by atoms with Gasteiger partial charge in [-0.15, -0.1) is 0 Å². The fourth-order valence-electron chi connectivity index (χ4n) is 3.38. The van der Waals surface area contributed by atoms with Gasteiger partial charge in [-0.05, 0) is 31.0 Å². The second-order valence-corrected chi connectivity index (χ2v) is 11.0. The zero-order valence-corrected chi connectivity index (χ0v) is 19.1. The lowest BCUT2D eigenvalue weighted by Crippen LogP contribution is -2.25. The standard InChI is InChI=1S/C21H21N5O5S2/c22-16-7-9-23-20-18(16)24-21(32-20)25-19(27)17(26-31-13-8-10-30-11-13)12-1-3-14(4-2-12)33(28,29)15-5-6-15/h1-4,7,9,13,15H,5-6,8,10-11H2,(H2,22,23)(H,24,25,27)/t13-/m1/s1. The summed E-state index contributed by atoms with van der Waals surface area (Å²) < 4.78 is 30.3. The van der Waals surface area contributed by atoms with Gasteiger partial charge in [-0.2, -0.15) is 0 Å². The van der Waals surface area contributed by atoms with Crippen LogP contribution in [0.25, 0.3) is 10.3 Å². The Morgan fingerprint density at radius 3 is 2.67 bits per heavy atom. The van der Waals surface area contributed by atoms with Crippen LogP contribution in [0.3, 0.4) is 0 Å². The zero-order chi connectivity index (χ0) is 23.0. The molecule has 1 amide bonds. The van der Waals surface area contributed by atoms with Crippen LogP contribution < -0.4 is 11.1 Å². The van der Waals surface area contributed by atoms with Crippen LogP contribution in [0.4, 0.5) is 10.8 Å². The van der Waals surface area contributed by atoms with Crippen molar-refractivity contribution in [2.75, 3.05) is 24.3 Å². The third kappa shape index (κ3) is 4.54. The van der Waals surface area contributed by atoms with E-state index in [0.717, 1.165) is 0 Å². The first-order valence-corrected chi connectivity index (χ1v) is 12.8. The molecule has 2 aromatic heterocycles. The Bertz CT molecular complexity index is 1330. The number of nitrogen functional groups attached to an aromatic ring is 1. The van der Waals surface area contributed by atoms with Crippen molar-refractivity contribution in [3.63, 3.8) is 0 Å². The van der Waals surface area contributed by atoms with E-state index in [0.29, 0.717) is 59.2 Å². The highest BCUT2D eigenvalue weighted by molar-refractivity contribution is 7.92. The summed E-state index contributed by atoms with van der Waals surface area (Å²) in [5.41, 5.74) is 7.31. The van der Waals surface area contributed by atoms with Gasteiger partial charge in [-0.25, -0.2) is 18.4 Å². The van der Waals surface area contributed by atoms with Gasteiger partial charge in [0.25, 0.3) is 5.91 Å². The third-order valence-corrected chi connectivity index (χ3v) is 8.52. The van der Waals surface area contributed by atoms with Gasteiger partial charge in [0.15, 0.2) is 26.8 Å². The highest BCUT2D eigenvalue weighted by atomic mass is 32.2. The molecule has 3 aromatic rings. The first-order chi connectivity index (χ1) is 15.9. The molecule has 0 radical (unpaired) electrons. The average molecular weight is 488 g/mol. The minimum Gasteiger partial charge on any atom is -0.397 e. The smallest absolute Gasteiger partial charge is 0.280 e. The Labute approximate surface area is 193 Å². The van der Waals surface area contributed by atoms with Gasteiger partial charge in [0.1, 0.15) is 10.3 Å². The molecule has 0 bridgehead atoms. The van der Waals surface area contributed by atoms with Crippen molar-refractivity contribution in [3.8, 4) is 0 Å². The van der Waals surface area contributed by atoms with Gasteiger partial charge in [-0.3, -0.25) is 10.1 Å². The lowest BCUT2D eigenvalue weighted by atomic mass is 10.1. The molecule has 5 rings (SSSR count). The SMILES string of the molecule is Nc1ccnc2sc(NC(=O)C(=NO[C@@H]3CCOC3)c3ccc(S(=O)(=O)C4CC4)cc3)nc12. The van der Waals surface area contributed by atoms with E-state index >= 15 is 0 Å². The first kappa shape index (κ1) is 21.7. The number of nitrogens with one attached hydrogen (secondary N) is 1. The van der Waals surface area contributed by atoms with Crippen LogP contribution in [0.5, 0.6) is 0 Å². The van der Waals surface area contributed by atoms with E-state index in [4.69, 9.17) is 15.3 Å². The summed E-state index contributed by atoms with van der Waals surface area (Å²) >= 11 is 1.18. The fourth-order valence-corrected chi connectivity index (χ4v) is 5.88. The lowest BCUT2D eigenvalue weighted by Gasteiger charge is -2.10. The minimum absolute atomic E-state index is 0.00235. The highest BCUT2D eigenvalue weighted by Crippen LogP contribution is 2.33. The van der Waals surface area contributed by atoms with Crippen molar-refractivity contribution in [1.82, 2.24) is 9.97 Å². The Morgan fingerprint density at radius 1 is 1.21 bits per heavy atom. The number of anilines is 2. The maximum Gasteiger partial charge on any atom is 0.280 e. The van der Waals surface area contributed by atoms with Crippen molar-refractivity contribution in [2.24, 2.45) is 5.16 Å². The average Bonchev–Trinajstić information content (AvgIpc) is 3.39. The Kier molecular flexibility index (Phi) is 5.72. The first-order valence-electron chi connectivity index (χ1n) is 10.4. The van der Waals surface area contributed by atoms with Crippen LogP contribution in [0.2, 0.25) is 0 Å². The van der Waals surface area contributed by atoms with E-state index in [1.54, 1.807) is 24.4 Å². The molecule has 33 heavy (non-hydrogen) atoms. The summed E-state index contributed by atoms with van der Waals surface area (Å²) in [5, 5.41) is 6.81. The number of benzene rings is 1. The fraction of sp³-hybridized carbons (Fsp3) is 0.333. The number of amides is 1. The maximum atomic E-state index is 13.1. The summed E-state index contributed by atoms with van der Waals surface area (Å²) in [7, 11) is -3.34. The van der Waals surface area contributed by atoms with Crippen molar-refractivity contribution in [2.45, 2.75) is 35.5 Å². The number of nitrogens with zero attached hydrogens (tertiary/aromatic N) is 3. The number of carbonyl (C=O) groups is 1. The summed E-state index contributed by atoms with van der Waals surface area (Å²) in [4.78, 5) is 28.0. The number of pyridine rings is 1. The number of carbonyl (C=O) groups excluding carboxylic acids is 1. The second kappa shape index (κ2) is 8.69. The van der Waals surface area contributed by atoms with E-state index in [1.807, 2.05) is 0 Å². The Morgan fingerprint density at radius 2 is 2.00 bits per heavy atom. The third-order valence-electron chi connectivity index (χ3n) is 5.36. The predicted molar refractivity (Wildman–Crippen MR) is 124 cm³/mol. The molecule has 2 fully saturated rings. The quantitative estimate of drug-likeness (QED) is 0.381. The van der Waals surface area contributed by atoms with E-state index in [9.17, 15) is 13.2 Å². The van der Waals surface area contributed by atoms with E-state index < -0.39 is 15.7 Å². The Balaban J connectivity index is 1.42. The zero-order valence-electron chi connectivity index (χ0n) is 17.4. The van der Waals surface area contributed by atoms with Crippen LogP contribution in [0, 0.1) is 0 Å². The molecule has 1 saturated carbocycles. The number of nitrogens with two attached hydrogens (primary N) is 1. The minimum atomic E-state index is -3.34. The summed E-state index contributed by atoms with van der Waals surface area (Å²) in [6, 6.07) is 7.73. The molecule has 1 aliphatic heterocycles. The topological polar surface area (TPSA) is 146 Å². The number of hydrogen-bond acceptors (Lipinski definition) is 10. The van der Waals surface area contributed by atoms with Crippen LogP contribution in [0.1, 0.15) is 24.8 Å². The molecule has 2 aliphatic rings. The number of rotatable bonds is 7. The van der Waals surface area contributed by atoms with Crippen LogP contribution in [0.15, 0.2) is 46.6 Å². The van der Waals surface area contributed by atoms with E-state index in [2.05, 4.69) is 20.4 Å². The van der Waals surface area contributed by atoms with Crippen LogP contribution >= 0.6 is 11.3 Å². The van der Waals surface area contributed by atoms with E-state index in [-0.39, 0.29) is 22.0 Å². The monoisotopic (exact) mass is 487 g/mol. The van der Waals surface area contributed by atoms with E-state index in [1.165, 1.54) is 23.5 Å². The highest BCUT2D eigenvalue weighted by Gasteiger charge is 2.36. The molecular formula is C21H21N5O5S2. The molecule has 0 spiro atoms. The van der Waals surface area contributed by atoms with Crippen molar-refractivity contribution in [1.29, 1.82) is 0 Å². The number of ether oxygens (including phenoxy) is 1. The van der Waals surface area contributed by atoms with Crippen LogP contribution in [-0.4, -0.2) is 54.6 Å². The summed E-state index contributed by atoms with van der Waals surface area (Å²) in [6.45, 7) is 0.954. The summed E-state index contributed by atoms with van der Waals surface area (Å²) in [5.74, 6) is -0.552. The van der Waals surface area contributed by atoms with Gasteiger partial charge < -0.3 is 15.3 Å². The molecule has 1 atom stereocenters. The molecule has 1 aromatic carbocycles. The second-order valence-electron chi connectivity index (χ2n) is 7.83. The molecule has 172 valence electrons. The van der Waals surface area contributed by atoms with Crippen LogP contribution in [-0.2, 0) is 24.2 Å². The lowest BCUT2D eigenvalue weighted by molar-refractivity contribution is -0.110. The number of fused-ring (bicyclic) bond motifs is 1. The molecular weight excluding hydrogens is 466 g/mol. The number of thiazole rings is 1. The van der Waals surface area contributed by atoms with Gasteiger partial charge in [-0.1, -0.05) is 28.6 Å². The molecule has 0 unspecified atom stereocenters. The van der Waals surface area contributed by atoms with Crippen molar-refractivity contribution < 1.29 is 22.8 Å². The molecule has 1 aliphatic carbocycles. The molecule has 12 heteroatoms.